The highest BCUT2D eigenvalue weighted by Gasteiger charge is 2.28. The highest BCUT2D eigenvalue weighted by Crippen LogP contribution is 2.25. The van der Waals surface area contributed by atoms with Crippen LogP contribution in [0, 0.1) is 0 Å². The van der Waals surface area contributed by atoms with E-state index in [9.17, 15) is 13.2 Å². The van der Waals surface area contributed by atoms with Crippen molar-refractivity contribution >= 4 is 44.0 Å². The number of halogens is 1. The Morgan fingerprint density at radius 2 is 1.79 bits per heavy atom. The van der Waals surface area contributed by atoms with Crippen molar-refractivity contribution < 1.29 is 13.2 Å². The molecular weight excluding hydrogens is 420 g/mol. The minimum absolute atomic E-state index is 0.106. The fourth-order valence-electron chi connectivity index (χ4n) is 2.40. The van der Waals surface area contributed by atoms with Crippen LogP contribution in [0.25, 0.3) is 0 Å². The molecule has 0 aliphatic heterocycles. The number of benzene rings is 2. The molecule has 0 saturated carbocycles. The van der Waals surface area contributed by atoms with Crippen molar-refractivity contribution in [2.24, 2.45) is 0 Å². The molecule has 1 aromatic heterocycles. The molecule has 7 nitrogen and oxygen atoms in total. The van der Waals surface area contributed by atoms with Crippen molar-refractivity contribution in [3.8, 4) is 0 Å². The Kier molecular flexibility index (Phi) is 6.40. The van der Waals surface area contributed by atoms with Gasteiger partial charge in [-0.1, -0.05) is 60.2 Å². The molecular formula is C18H17ClN4O3S2. The maximum atomic E-state index is 12.9. The van der Waals surface area contributed by atoms with Crippen LogP contribution >= 0.6 is 22.9 Å². The Labute approximate surface area is 172 Å². The van der Waals surface area contributed by atoms with Gasteiger partial charge < -0.3 is 0 Å². The summed E-state index contributed by atoms with van der Waals surface area (Å²) >= 11 is 6.62. The fraction of sp³-hybridized carbons (Fsp3) is 0.167. The van der Waals surface area contributed by atoms with E-state index in [-0.39, 0.29) is 22.6 Å². The fourth-order valence-corrected chi connectivity index (χ4v) is 5.00. The van der Waals surface area contributed by atoms with Crippen LogP contribution in [-0.2, 0) is 16.6 Å². The lowest BCUT2D eigenvalue weighted by Gasteiger charge is -2.18. The number of carbonyl (C=O) groups is 1. The molecule has 3 aromatic rings. The molecule has 0 aliphatic rings. The lowest BCUT2D eigenvalue weighted by Crippen LogP contribution is -2.30. The molecule has 0 bridgehead atoms. The average Bonchev–Trinajstić information content (AvgIpc) is 3.16. The smallest absolute Gasteiger partial charge is 0.272 e. The van der Waals surface area contributed by atoms with Gasteiger partial charge in [0.1, 0.15) is 0 Å². The molecule has 0 fully saturated rings. The number of hydrogen-bond donors (Lipinski definition) is 1. The normalized spacial score (nSPS) is 11.5. The number of amides is 1. The van der Waals surface area contributed by atoms with Crippen LogP contribution in [0.2, 0.25) is 5.02 Å². The van der Waals surface area contributed by atoms with Crippen molar-refractivity contribution in [1.82, 2.24) is 14.5 Å². The van der Waals surface area contributed by atoms with Crippen LogP contribution in [0.4, 0.5) is 5.13 Å². The lowest BCUT2D eigenvalue weighted by molar-refractivity contribution is 0.102. The van der Waals surface area contributed by atoms with Crippen LogP contribution in [0.5, 0.6) is 0 Å². The molecule has 0 aliphatic carbocycles. The average molecular weight is 437 g/mol. The van der Waals surface area contributed by atoms with E-state index in [2.05, 4.69) is 15.5 Å². The summed E-state index contributed by atoms with van der Waals surface area (Å²) in [5.74, 6) is -0.423. The molecule has 1 heterocycles. The van der Waals surface area contributed by atoms with Gasteiger partial charge in [-0.3, -0.25) is 10.1 Å². The van der Waals surface area contributed by atoms with Crippen LogP contribution in [0.15, 0.2) is 58.9 Å². The monoisotopic (exact) mass is 436 g/mol. The SMILES string of the molecule is CCN(Cc1ccccc1)S(=O)(=O)c1nnc(NC(=O)c2ccc(Cl)cc2)s1. The number of anilines is 1. The second-order valence-corrected chi connectivity index (χ2v) is 9.28. The van der Waals surface area contributed by atoms with Crippen LogP contribution in [-0.4, -0.2) is 35.4 Å². The van der Waals surface area contributed by atoms with Gasteiger partial charge in [-0.25, -0.2) is 8.42 Å². The third-order valence-corrected chi connectivity index (χ3v) is 7.21. The van der Waals surface area contributed by atoms with Crippen LogP contribution < -0.4 is 5.32 Å². The Morgan fingerprint density at radius 1 is 1.11 bits per heavy atom. The summed E-state index contributed by atoms with van der Waals surface area (Å²) in [6.07, 6.45) is 0. The largest absolute Gasteiger partial charge is 0.296 e. The summed E-state index contributed by atoms with van der Waals surface area (Å²) in [5.41, 5.74) is 1.25. The minimum Gasteiger partial charge on any atom is -0.296 e. The van der Waals surface area contributed by atoms with E-state index in [1.165, 1.54) is 4.31 Å². The highest BCUT2D eigenvalue weighted by atomic mass is 35.5. The Balaban J connectivity index is 1.75. The highest BCUT2D eigenvalue weighted by molar-refractivity contribution is 7.91. The van der Waals surface area contributed by atoms with Gasteiger partial charge in [0.15, 0.2) is 0 Å². The van der Waals surface area contributed by atoms with Crippen LogP contribution in [0.1, 0.15) is 22.8 Å². The number of nitrogens with zero attached hydrogens (tertiary/aromatic N) is 3. The molecule has 1 N–H and O–H groups in total. The summed E-state index contributed by atoms with van der Waals surface area (Å²) in [5, 5.41) is 10.7. The molecule has 0 saturated heterocycles. The van der Waals surface area contributed by atoms with Gasteiger partial charge >= 0.3 is 0 Å². The van der Waals surface area contributed by atoms with E-state index in [4.69, 9.17) is 11.6 Å². The lowest BCUT2D eigenvalue weighted by atomic mass is 10.2. The number of nitrogens with one attached hydrogen (secondary N) is 1. The number of aromatic nitrogens is 2. The van der Waals surface area contributed by atoms with Gasteiger partial charge in [-0.15, -0.1) is 10.2 Å². The first-order chi connectivity index (χ1) is 13.4. The van der Waals surface area contributed by atoms with E-state index in [1.54, 1.807) is 31.2 Å². The van der Waals surface area contributed by atoms with Crippen molar-refractivity contribution in [2.45, 2.75) is 17.8 Å². The third kappa shape index (κ3) is 4.74. The molecule has 28 heavy (non-hydrogen) atoms. The number of rotatable bonds is 7. The summed E-state index contributed by atoms with van der Waals surface area (Å²) in [6.45, 7) is 2.26. The predicted octanol–water partition coefficient (Wildman–Crippen LogP) is 3.65. The minimum atomic E-state index is -3.83. The molecule has 10 heteroatoms. The molecule has 0 atom stereocenters. The van der Waals surface area contributed by atoms with Crippen molar-refractivity contribution in [1.29, 1.82) is 0 Å². The first-order valence-corrected chi connectivity index (χ1v) is 11.0. The molecule has 2 aromatic carbocycles. The topological polar surface area (TPSA) is 92.3 Å². The van der Waals surface area contributed by atoms with E-state index < -0.39 is 15.9 Å². The zero-order valence-electron chi connectivity index (χ0n) is 14.9. The van der Waals surface area contributed by atoms with Gasteiger partial charge in [-0.05, 0) is 29.8 Å². The zero-order chi connectivity index (χ0) is 20.1. The zero-order valence-corrected chi connectivity index (χ0v) is 17.3. The molecule has 0 unspecified atom stereocenters. The molecule has 0 radical (unpaired) electrons. The van der Waals surface area contributed by atoms with Gasteiger partial charge in [0.2, 0.25) is 9.47 Å². The molecule has 146 valence electrons. The number of hydrogen-bond acceptors (Lipinski definition) is 6. The first kappa shape index (κ1) is 20.4. The van der Waals surface area contributed by atoms with E-state index >= 15 is 0 Å². The van der Waals surface area contributed by atoms with E-state index in [0.29, 0.717) is 10.6 Å². The van der Waals surface area contributed by atoms with E-state index in [0.717, 1.165) is 16.9 Å². The van der Waals surface area contributed by atoms with Crippen LogP contribution in [0.3, 0.4) is 0 Å². The number of carbonyl (C=O) groups excluding carboxylic acids is 1. The predicted molar refractivity (Wildman–Crippen MR) is 109 cm³/mol. The Morgan fingerprint density at radius 3 is 2.43 bits per heavy atom. The van der Waals surface area contributed by atoms with Crippen molar-refractivity contribution in [3.05, 3.63) is 70.7 Å². The number of sulfonamides is 1. The first-order valence-electron chi connectivity index (χ1n) is 8.34. The standard InChI is InChI=1S/C18H17ClN4O3S2/c1-2-23(12-13-6-4-3-5-7-13)28(25,26)18-22-21-17(27-18)20-16(24)14-8-10-15(19)11-9-14/h3-11H,2,12H2,1H3,(H,20,21,24). The maximum Gasteiger partial charge on any atom is 0.272 e. The Hall–Kier alpha value is -2.33. The molecule has 0 spiro atoms. The maximum absolute atomic E-state index is 12.9. The second-order valence-electron chi connectivity index (χ2n) is 5.75. The third-order valence-electron chi connectivity index (χ3n) is 3.85. The molecule has 1 amide bonds. The van der Waals surface area contributed by atoms with Crippen molar-refractivity contribution in [3.63, 3.8) is 0 Å². The van der Waals surface area contributed by atoms with E-state index in [1.807, 2.05) is 30.3 Å². The summed E-state index contributed by atoms with van der Waals surface area (Å²) in [4.78, 5) is 12.2. The Bertz CT molecular complexity index is 1050. The molecule has 3 rings (SSSR count). The second kappa shape index (κ2) is 8.78. The summed E-state index contributed by atoms with van der Waals surface area (Å²) in [7, 11) is -3.83. The summed E-state index contributed by atoms with van der Waals surface area (Å²) in [6, 6.07) is 15.6. The van der Waals surface area contributed by atoms with Gasteiger partial charge in [0, 0.05) is 23.7 Å². The van der Waals surface area contributed by atoms with Gasteiger partial charge in [0.05, 0.1) is 0 Å². The van der Waals surface area contributed by atoms with Gasteiger partial charge in [-0.2, -0.15) is 4.31 Å². The summed E-state index contributed by atoms with van der Waals surface area (Å²) < 4.78 is 26.9. The van der Waals surface area contributed by atoms with Gasteiger partial charge in [0.25, 0.3) is 15.9 Å². The van der Waals surface area contributed by atoms with Crippen molar-refractivity contribution in [2.75, 3.05) is 11.9 Å². The quantitative estimate of drug-likeness (QED) is 0.570.